The summed E-state index contributed by atoms with van der Waals surface area (Å²) in [6, 6.07) is 105. The van der Waals surface area contributed by atoms with Gasteiger partial charge in [0.1, 0.15) is 0 Å². The van der Waals surface area contributed by atoms with Crippen LogP contribution in [0.1, 0.15) is 0 Å². The molecule has 0 aliphatic carbocycles. The molecule has 2 heteroatoms. The number of benzene rings is 15. The van der Waals surface area contributed by atoms with Crippen molar-refractivity contribution in [1.29, 1.82) is 0 Å². The van der Waals surface area contributed by atoms with E-state index in [1.807, 2.05) is 22.7 Å². The Morgan fingerprint density at radius 1 is 0.150 bits per heavy atom. The van der Waals surface area contributed by atoms with Crippen LogP contribution in [0.5, 0.6) is 0 Å². The minimum Gasteiger partial charge on any atom is -0.135 e. The monoisotopic (exact) mass is 1050 g/mol. The Hall–Kier alpha value is -9.70. The summed E-state index contributed by atoms with van der Waals surface area (Å²) >= 11 is 3.81. The smallest absolute Gasteiger partial charge is 0.0434 e. The topological polar surface area (TPSA) is 0 Å². The van der Waals surface area contributed by atoms with Crippen molar-refractivity contribution in [3.63, 3.8) is 0 Å². The predicted octanol–water partition coefficient (Wildman–Crippen LogP) is 23.3. The van der Waals surface area contributed by atoms with Crippen LogP contribution in [-0.4, -0.2) is 0 Å². The molecule has 0 fully saturated rings. The van der Waals surface area contributed by atoms with Crippen molar-refractivity contribution in [2.75, 3.05) is 0 Å². The lowest BCUT2D eigenvalue weighted by Crippen LogP contribution is -1.90. The number of hydrogen-bond acceptors (Lipinski definition) is 2. The highest BCUT2D eigenvalue weighted by Crippen LogP contribution is 2.49. The van der Waals surface area contributed by atoms with Gasteiger partial charge < -0.3 is 0 Å². The van der Waals surface area contributed by atoms with Gasteiger partial charge in [-0.3, -0.25) is 0 Å². The second-order valence-electron chi connectivity index (χ2n) is 21.4. The van der Waals surface area contributed by atoms with Gasteiger partial charge in [-0.25, -0.2) is 0 Å². The second kappa shape index (κ2) is 17.9. The Morgan fingerprint density at radius 3 is 1.11 bits per heavy atom. The van der Waals surface area contributed by atoms with E-state index in [0.717, 1.165) is 0 Å². The molecule has 0 aliphatic heterocycles. The molecule has 0 amide bonds. The van der Waals surface area contributed by atoms with Crippen molar-refractivity contribution >= 4 is 128 Å². The van der Waals surface area contributed by atoms with Gasteiger partial charge in [0.2, 0.25) is 0 Å². The van der Waals surface area contributed by atoms with E-state index in [2.05, 4.69) is 279 Å². The van der Waals surface area contributed by atoms with Crippen LogP contribution in [-0.2, 0) is 0 Å². The Balaban J connectivity index is 0.861. The Kier molecular flexibility index (Phi) is 10.2. The van der Waals surface area contributed by atoms with Crippen LogP contribution in [0.25, 0.3) is 172 Å². The molecule has 17 aromatic rings. The lowest BCUT2D eigenvalue weighted by molar-refractivity contribution is 1.60. The summed E-state index contributed by atoms with van der Waals surface area (Å²) in [5.74, 6) is 0. The summed E-state index contributed by atoms with van der Waals surface area (Å²) < 4.78 is 5.28. The van der Waals surface area contributed by atoms with Crippen molar-refractivity contribution in [1.82, 2.24) is 0 Å². The summed E-state index contributed by atoms with van der Waals surface area (Å²) in [4.78, 5) is 0. The first kappa shape index (κ1) is 45.3. The minimum atomic E-state index is 1.19. The van der Waals surface area contributed by atoms with Gasteiger partial charge in [0.25, 0.3) is 0 Å². The quantitative estimate of drug-likeness (QED) is 0.146. The van der Waals surface area contributed by atoms with Gasteiger partial charge in [0.05, 0.1) is 0 Å². The van der Waals surface area contributed by atoms with Crippen molar-refractivity contribution in [2.24, 2.45) is 0 Å². The van der Waals surface area contributed by atoms with E-state index in [9.17, 15) is 0 Å². The fourth-order valence-corrected chi connectivity index (χ4v) is 15.9. The normalized spacial score (nSPS) is 12.0. The number of hydrogen-bond donors (Lipinski definition) is 0. The second-order valence-corrected chi connectivity index (χ2v) is 23.4. The predicted molar refractivity (Wildman–Crippen MR) is 350 cm³/mol. The molecule has 2 heterocycles. The summed E-state index contributed by atoms with van der Waals surface area (Å²) in [5.41, 5.74) is 14.7. The van der Waals surface area contributed by atoms with Crippen LogP contribution in [0.3, 0.4) is 0 Å². The molecule has 2 aromatic heterocycles. The van der Waals surface area contributed by atoms with Gasteiger partial charge in [-0.15, -0.1) is 22.7 Å². The molecule has 0 saturated heterocycles. The fourth-order valence-electron chi connectivity index (χ4n) is 13.3. The Labute approximate surface area is 470 Å². The molecule has 0 bridgehead atoms. The van der Waals surface area contributed by atoms with Gasteiger partial charge >= 0.3 is 0 Å². The van der Waals surface area contributed by atoms with Crippen LogP contribution in [0.2, 0.25) is 0 Å². The van der Waals surface area contributed by atoms with Crippen molar-refractivity contribution in [2.45, 2.75) is 0 Å². The van der Waals surface area contributed by atoms with E-state index in [0.29, 0.717) is 0 Å². The highest BCUT2D eigenvalue weighted by molar-refractivity contribution is 7.27. The van der Waals surface area contributed by atoms with Gasteiger partial charge in [-0.1, -0.05) is 243 Å². The molecule has 0 spiro atoms. The summed E-state index contributed by atoms with van der Waals surface area (Å²) in [7, 11) is 0. The molecule has 370 valence electrons. The number of fused-ring (bicyclic) bond motifs is 18. The average Bonchev–Trinajstić information content (AvgIpc) is 4.18. The third-order valence-electron chi connectivity index (χ3n) is 17.1. The third-order valence-corrected chi connectivity index (χ3v) is 19.6. The number of thiophene rings is 2. The van der Waals surface area contributed by atoms with Crippen LogP contribution in [0.15, 0.2) is 279 Å². The molecular formula is C78H46S2. The summed E-state index contributed by atoms with van der Waals surface area (Å²) in [6.07, 6.45) is 0. The van der Waals surface area contributed by atoms with E-state index in [1.165, 1.54) is 172 Å². The standard InChI is InChI=1S/C78H46S2/c1-2-16-47(17-3-1)55-27-13-30-68-69-31-15-32-70(78(69)80-77(55)68)71-43-50(51-36-40-63-59-22-5-4-20-57(59)58-21-6-8-24-61(58)72(63)45-51)34-38-54(71)53-37-41-65-73-44-49(35-39-64(73)60-23-7-9-25-62(60)74(65)46-53)48-18-12-19-52(42-48)56-28-14-29-67-66-26-10-11-33-75(66)79-76(56)67/h1-46H. The Bertz CT molecular complexity index is 5390. The van der Waals surface area contributed by atoms with Gasteiger partial charge in [0, 0.05) is 45.9 Å². The van der Waals surface area contributed by atoms with Gasteiger partial charge in [0.15, 0.2) is 0 Å². The zero-order chi connectivity index (χ0) is 52.4. The molecule has 0 unspecified atom stereocenters. The van der Waals surface area contributed by atoms with Crippen LogP contribution in [0.4, 0.5) is 0 Å². The van der Waals surface area contributed by atoms with Crippen LogP contribution in [0, 0.1) is 0 Å². The molecule has 0 aliphatic rings. The maximum atomic E-state index is 2.47. The first-order valence-corrected chi connectivity index (χ1v) is 29.2. The van der Waals surface area contributed by atoms with E-state index in [4.69, 9.17) is 0 Å². The van der Waals surface area contributed by atoms with Gasteiger partial charge in [-0.05, 0) is 162 Å². The summed E-state index contributed by atoms with van der Waals surface area (Å²) in [5, 5.41) is 20.5. The third kappa shape index (κ3) is 6.99. The largest absolute Gasteiger partial charge is 0.135 e. The SMILES string of the molecule is c1ccc(-c2cccc3c2sc2c(-c4cc(-c5ccc6c7ccccc7c7ccccc7c6c5)ccc4-c4ccc5c6cc(-c7cccc(-c8cccc9c8sc8ccccc89)c7)ccc6c6ccccc6c5c4)cccc23)cc1. The molecule has 15 aromatic carbocycles. The zero-order valence-corrected chi connectivity index (χ0v) is 45.0. The fraction of sp³-hybridized carbons (Fsp3) is 0. The highest BCUT2D eigenvalue weighted by Gasteiger charge is 2.20. The van der Waals surface area contributed by atoms with Crippen molar-refractivity contribution in [3.8, 4) is 66.8 Å². The molecule has 17 rings (SSSR count). The van der Waals surface area contributed by atoms with Crippen LogP contribution >= 0.6 is 22.7 Å². The molecule has 0 N–H and O–H groups in total. The minimum absolute atomic E-state index is 1.19. The number of rotatable bonds is 6. The molecular weight excluding hydrogens is 1000 g/mol. The lowest BCUT2D eigenvalue weighted by atomic mass is 9.87. The molecule has 0 radical (unpaired) electrons. The first-order chi connectivity index (χ1) is 39.7. The van der Waals surface area contributed by atoms with Crippen LogP contribution < -0.4 is 0 Å². The maximum Gasteiger partial charge on any atom is 0.0434 e. The molecule has 0 saturated carbocycles. The Morgan fingerprint density at radius 2 is 0.500 bits per heavy atom. The lowest BCUT2D eigenvalue weighted by Gasteiger charge is -2.17. The van der Waals surface area contributed by atoms with Crippen molar-refractivity contribution < 1.29 is 0 Å². The van der Waals surface area contributed by atoms with Crippen molar-refractivity contribution in [3.05, 3.63) is 279 Å². The highest BCUT2D eigenvalue weighted by atomic mass is 32.1. The van der Waals surface area contributed by atoms with Gasteiger partial charge in [-0.2, -0.15) is 0 Å². The summed E-state index contributed by atoms with van der Waals surface area (Å²) in [6.45, 7) is 0. The molecule has 0 nitrogen and oxygen atoms in total. The van der Waals surface area contributed by atoms with E-state index in [1.54, 1.807) is 0 Å². The maximum absolute atomic E-state index is 2.47. The van der Waals surface area contributed by atoms with E-state index >= 15 is 0 Å². The zero-order valence-electron chi connectivity index (χ0n) is 43.4. The molecule has 80 heavy (non-hydrogen) atoms. The van der Waals surface area contributed by atoms with E-state index < -0.39 is 0 Å². The molecule has 0 atom stereocenters. The van der Waals surface area contributed by atoms with E-state index in [-0.39, 0.29) is 0 Å². The average molecular weight is 1050 g/mol. The first-order valence-electron chi connectivity index (χ1n) is 27.5.